The Morgan fingerprint density at radius 3 is 2.36 bits per heavy atom. The third kappa shape index (κ3) is 1.85. The maximum absolute atomic E-state index is 9.00. The lowest BCUT2D eigenvalue weighted by Crippen LogP contribution is -1.89. The number of aromatic hydroxyl groups is 2. The molecule has 0 saturated carbocycles. The summed E-state index contributed by atoms with van der Waals surface area (Å²) < 4.78 is 0. The van der Waals surface area contributed by atoms with E-state index < -0.39 is 0 Å². The van der Waals surface area contributed by atoms with E-state index in [0.29, 0.717) is 6.42 Å². The first kappa shape index (κ1) is 7.88. The quantitative estimate of drug-likeness (QED) is 0.547. The maximum atomic E-state index is 9.00. The van der Waals surface area contributed by atoms with E-state index in [2.05, 4.69) is 0 Å². The topological polar surface area (TPSA) is 60.7 Å². The van der Waals surface area contributed by atoms with E-state index in [1.165, 1.54) is 12.1 Å². The maximum Gasteiger partial charge on any atom is 0.157 e. The van der Waals surface area contributed by atoms with Crippen LogP contribution < -0.4 is 0 Å². The smallest absolute Gasteiger partial charge is 0.157 e. The van der Waals surface area contributed by atoms with Gasteiger partial charge in [0.1, 0.15) is 0 Å². The van der Waals surface area contributed by atoms with Crippen molar-refractivity contribution in [1.29, 1.82) is 0 Å². The van der Waals surface area contributed by atoms with E-state index in [0.717, 1.165) is 5.56 Å². The van der Waals surface area contributed by atoms with Crippen molar-refractivity contribution < 1.29 is 15.3 Å². The van der Waals surface area contributed by atoms with Crippen molar-refractivity contribution >= 4 is 0 Å². The number of rotatable bonds is 2. The van der Waals surface area contributed by atoms with Gasteiger partial charge < -0.3 is 15.3 Å². The van der Waals surface area contributed by atoms with E-state index in [4.69, 9.17) is 15.3 Å². The first-order valence-corrected chi connectivity index (χ1v) is 3.36. The molecule has 0 aromatic heterocycles. The lowest BCUT2D eigenvalue weighted by molar-refractivity contribution is 0.299. The summed E-state index contributed by atoms with van der Waals surface area (Å²) in [5.41, 5.74) is 0.808. The molecule has 3 nitrogen and oxygen atoms in total. The highest BCUT2D eigenvalue weighted by Crippen LogP contribution is 2.24. The second kappa shape index (κ2) is 3.25. The molecule has 3 N–H and O–H groups in total. The molecule has 11 heavy (non-hydrogen) atoms. The van der Waals surface area contributed by atoms with Crippen LogP contribution in [0, 0.1) is 0 Å². The molecule has 0 aliphatic heterocycles. The molecule has 0 fully saturated rings. The third-order valence-corrected chi connectivity index (χ3v) is 1.44. The number of aliphatic hydroxyl groups excluding tert-OH is 1. The van der Waals surface area contributed by atoms with Crippen molar-refractivity contribution in [1.82, 2.24) is 0 Å². The summed E-state index contributed by atoms with van der Waals surface area (Å²) in [7, 11) is 0. The average molecular weight is 154 g/mol. The fourth-order valence-electron chi connectivity index (χ4n) is 0.854. The highest BCUT2D eigenvalue weighted by Gasteiger charge is 1.98. The molecule has 0 atom stereocenters. The summed E-state index contributed by atoms with van der Waals surface area (Å²) >= 11 is 0. The van der Waals surface area contributed by atoms with Gasteiger partial charge in [-0.05, 0) is 24.1 Å². The third-order valence-electron chi connectivity index (χ3n) is 1.44. The first-order chi connectivity index (χ1) is 5.24. The van der Waals surface area contributed by atoms with Gasteiger partial charge in [-0.15, -0.1) is 0 Å². The van der Waals surface area contributed by atoms with Crippen molar-refractivity contribution in [3.8, 4) is 11.5 Å². The van der Waals surface area contributed by atoms with Gasteiger partial charge in [0, 0.05) is 6.61 Å². The Labute approximate surface area is 64.5 Å². The molecular formula is C8H10O3. The second-order valence-corrected chi connectivity index (χ2v) is 2.30. The lowest BCUT2D eigenvalue weighted by Gasteiger charge is -2.00. The molecule has 0 saturated heterocycles. The van der Waals surface area contributed by atoms with Gasteiger partial charge in [0.15, 0.2) is 11.5 Å². The molecule has 0 amide bonds. The summed E-state index contributed by atoms with van der Waals surface area (Å²) in [5, 5.41) is 26.4. The molecule has 60 valence electrons. The summed E-state index contributed by atoms with van der Waals surface area (Å²) in [6, 6.07) is 4.50. The summed E-state index contributed by atoms with van der Waals surface area (Å²) in [6.07, 6.45) is 0.494. The Hall–Kier alpha value is -1.22. The van der Waals surface area contributed by atoms with Gasteiger partial charge in [-0.25, -0.2) is 0 Å². The molecule has 1 aromatic rings. The van der Waals surface area contributed by atoms with Crippen LogP contribution in [0.2, 0.25) is 0 Å². The molecule has 0 spiro atoms. The first-order valence-electron chi connectivity index (χ1n) is 3.36. The number of hydrogen-bond donors (Lipinski definition) is 3. The van der Waals surface area contributed by atoms with Crippen molar-refractivity contribution in [2.24, 2.45) is 0 Å². The van der Waals surface area contributed by atoms with Crippen molar-refractivity contribution in [3.63, 3.8) is 0 Å². The van der Waals surface area contributed by atoms with Gasteiger partial charge in [-0.2, -0.15) is 0 Å². The average Bonchev–Trinajstić information content (AvgIpc) is 1.98. The standard InChI is InChI=1S/C8H10O3/c9-4-3-6-1-2-7(10)8(11)5-6/h1-2,5,9-11H,3-4H2. The number of aliphatic hydroxyl groups is 1. The Balaban J connectivity index is 2.86. The highest BCUT2D eigenvalue weighted by molar-refractivity contribution is 5.40. The largest absolute Gasteiger partial charge is 0.504 e. The minimum absolute atomic E-state index is 0.0458. The van der Waals surface area contributed by atoms with Gasteiger partial charge in [-0.1, -0.05) is 6.07 Å². The van der Waals surface area contributed by atoms with Crippen LogP contribution in [0.5, 0.6) is 11.5 Å². The Kier molecular flexibility index (Phi) is 2.33. The monoisotopic (exact) mass is 154 g/mol. The summed E-state index contributed by atoms with van der Waals surface area (Å²) in [4.78, 5) is 0. The van der Waals surface area contributed by atoms with E-state index in [9.17, 15) is 0 Å². The second-order valence-electron chi connectivity index (χ2n) is 2.30. The van der Waals surface area contributed by atoms with Crippen LogP contribution in [-0.4, -0.2) is 21.9 Å². The zero-order chi connectivity index (χ0) is 8.27. The Bertz CT molecular complexity index is 245. The number of phenols is 2. The van der Waals surface area contributed by atoms with Crippen molar-refractivity contribution in [2.75, 3.05) is 6.61 Å². The zero-order valence-corrected chi connectivity index (χ0v) is 5.99. The van der Waals surface area contributed by atoms with E-state index in [-0.39, 0.29) is 18.1 Å². The van der Waals surface area contributed by atoms with Crippen LogP contribution in [-0.2, 0) is 6.42 Å². The fourth-order valence-corrected chi connectivity index (χ4v) is 0.854. The minimum Gasteiger partial charge on any atom is -0.504 e. The van der Waals surface area contributed by atoms with Crippen LogP contribution in [0.25, 0.3) is 0 Å². The highest BCUT2D eigenvalue weighted by atomic mass is 16.3. The lowest BCUT2D eigenvalue weighted by atomic mass is 10.1. The fraction of sp³-hybridized carbons (Fsp3) is 0.250. The molecule has 0 heterocycles. The number of phenolic OH excluding ortho intramolecular Hbond substituents is 2. The summed E-state index contributed by atoms with van der Waals surface area (Å²) in [5.74, 6) is -0.275. The van der Waals surface area contributed by atoms with E-state index in [1.54, 1.807) is 6.07 Å². The Morgan fingerprint density at radius 1 is 1.09 bits per heavy atom. The molecule has 1 aromatic carbocycles. The molecule has 0 aliphatic carbocycles. The van der Waals surface area contributed by atoms with Gasteiger partial charge >= 0.3 is 0 Å². The van der Waals surface area contributed by atoms with Gasteiger partial charge in [0.25, 0.3) is 0 Å². The van der Waals surface area contributed by atoms with Crippen LogP contribution in [0.4, 0.5) is 0 Å². The SMILES string of the molecule is OCCc1ccc(O)c(O)c1. The minimum atomic E-state index is -0.143. The summed E-state index contributed by atoms with van der Waals surface area (Å²) in [6.45, 7) is 0.0458. The predicted molar refractivity (Wildman–Crippen MR) is 40.6 cm³/mol. The Morgan fingerprint density at radius 2 is 1.82 bits per heavy atom. The van der Waals surface area contributed by atoms with E-state index in [1.807, 2.05) is 0 Å². The molecular weight excluding hydrogens is 144 g/mol. The van der Waals surface area contributed by atoms with E-state index >= 15 is 0 Å². The molecule has 0 bridgehead atoms. The van der Waals surface area contributed by atoms with Crippen LogP contribution >= 0.6 is 0 Å². The molecule has 3 heteroatoms. The molecule has 0 aliphatic rings. The molecule has 0 unspecified atom stereocenters. The van der Waals surface area contributed by atoms with Crippen LogP contribution in [0.15, 0.2) is 18.2 Å². The van der Waals surface area contributed by atoms with Crippen molar-refractivity contribution in [3.05, 3.63) is 23.8 Å². The van der Waals surface area contributed by atoms with Crippen LogP contribution in [0.1, 0.15) is 5.56 Å². The van der Waals surface area contributed by atoms with Gasteiger partial charge in [-0.3, -0.25) is 0 Å². The normalized spacial score (nSPS) is 9.91. The number of benzene rings is 1. The molecule has 0 radical (unpaired) electrons. The zero-order valence-electron chi connectivity index (χ0n) is 5.99. The number of hydrogen-bond acceptors (Lipinski definition) is 3. The van der Waals surface area contributed by atoms with Crippen LogP contribution in [0.3, 0.4) is 0 Å². The van der Waals surface area contributed by atoms with Crippen molar-refractivity contribution in [2.45, 2.75) is 6.42 Å². The van der Waals surface area contributed by atoms with Gasteiger partial charge in [0.05, 0.1) is 0 Å². The molecule has 1 rings (SSSR count). The predicted octanol–water partition coefficient (Wildman–Crippen LogP) is 0.633. The van der Waals surface area contributed by atoms with Gasteiger partial charge in [0.2, 0.25) is 0 Å².